The number of ether oxygens (including phenoxy) is 1. The van der Waals surface area contributed by atoms with Gasteiger partial charge < -0.3 is 9.72 Å². The summed E-state index contributed by atoms with van der Waals surface area (Å²) < 4.78 is 4.75. The Hall–Kier alpha value is -1.72. The standard InChI is InChI=1S/C17H18ClNO3S/c1-10-15(17(21)22-3)11(2)19-16(10)14(20)9-23-8-12-4-6-13(18)7-5-12/h4-7,19H,8-9H2,1-3H3. The molecule has 1 aromatic heterocycles. The van der Waals surface area contributed by atoms with Crippen LogP contribution in [-0.4, -0.2) is 29.6 Å². The number of hydrogen-bond acceptors (Lipinski definition) is 4. The molecule has 0 aliphatic rings. The highest BCUT2D eigenvalue weighted by molar-refractivity contribution is 7.99. The quantitative estimate of drug-likeness (QED) is 0.626. The molecular weight excluding hydrogens is 334 g/mol. The molecule has 0 aliphatic heterocycles. The minimum atomic E-state index is -0.427. The van der Waals surface area contributed by atoms with Gasteiger partial charge in [0.05, 0.1) is 24.1 Å². The zero-order valence-electron chi connectivity index (χ0n) is 13.2. The molecule has 4 nitrogen and oxygen atoms in total. The number of H-pyrrole nitrogens is 1. The van der Waals surface area contributed by atoms with Crippen molar-refractivity contribution in [1.29, 1.82) is 0 Å². The molecule has 0 saturated heterocycles. The van der Waals surface area contributed by atoms with Gasteiger partial charge in [-0.2, -0.15) is 0 Å². The summed E-state index contributed by atoms with van der Waals surface area (Å²) in [5.74, 6) is 0.610. The van der Waals surface area contributed by atoms with Crippen LogP contribution in [0, 0.1) is 13.8 Å². The van der Waals surface area contributed by atoms with E-state index >= 15 is 0 Å². The number of rotatable bonds is 6. The number of halogens is 1. The van der Waals surface area contributed by atoms with E-state index in [-0.39, 0.29) is 5.78 Å². The van der Waals surface area contributed by atoms with Crippen LogP contribution in [0.25, 0.3) is 0 Å². The SMILES string of the molecule is COC(=O)c1c(C)[nH]c(C(=O)CSCc2ccc(Cl)cc2)c1C. The fraction of sp³-hybridized carbons (Fsp3) is 0.294. The van der Waals surface area contributed by atoms with Crippen molar-refractivity contribution in [2.75, 3.05) is 12.9 Å². The number of hydrogen-bond donors (Lipinski definition) is 1. The van der Waals surface area contributed by atoms with Gasteiger partial charge in [0, 0.05) is 16.5 Å². The number of thioether (sulfide) groups is 1. The van der Waals surface area contributed by atoms with Gasteiger partial charge in [-0.15, -0.1) is 11.8 Å². The molecule has 6 heteroatoms. The second kappa shape index (κ2) is 7.70. The molecule has 0 radical (unpaired) electrons. The van der Waals surface area contributed by atoms with E-state index in [1.807, 2.05) is 24.3 Å². The highest BCUT2D eigenvalue weighted by atomic mass is 35.5. The molecule has 1 heterocycles. The Morgan fingerprint density at radius 1 is 1.22 bits per heavy atom. The van der Waals surface area contributed by atoms with Crippen LogP contribution in [0.1, 0.15) is 37.7 Å². The van der Waals surface area contributed by atoms with E-state index in [0.29, 0.717) is 33.3 Å². The molecule has 0 atom stereocenters. The monoisotopic (exact) mass is 351 g/mol. The van der Waals surface area contributed by atoms with Gasteiger partial charge in [-0.25, -0.2) is 4.79 Å². The average molecular weight is 352 g/mol. The summed E-state index contributed by atoms with van der Waals surface area (Å²) in [5.41, 5.74) is 3.33. The third kappa shape index (κ3) is 4.18. The molecule has 2 aromatic rings. The van der Waals surface area contributed by atoms with E-state index in [2.05, 4.69) is 4.98 Å². The van der Waals surface area contributed by atoms with E-state index in [0.717, 1.165) is 11.3 Å². The molecule has 0 spiro atoms. The minimum Gasteiger partial charge on any atom is -0.465 e. The van der Waals surface area contributed by atoms with Crippen LogP contribution >= 0.6 is 23.4 Å². The van der Waals surface area contributed by atoms with Crippen LogP contribution in [0.5, 0.6) is 0 Å². The maximum Gasteiger partial charge on any atom is 0.339 e. The Labute approximate surface area is 144 Å². The summed E-state index contributed by atoms with van der Waals surface area (Å²) in [4.78, 5) is 27.1. The molecule has 0 saturated carbocycles. The number of ketones is 1. The predicted octanol–water partition coefficient (Wildman–Crippen LogP) is 4.19. The van der Waals surface area contributed by atoms with E-state index in [9.17, 15) is 9.59 Å². The highest BCUT2D eigenvalue weighted by Gasteiger charge is 2.22. The second-order valence-corrected chi connectivity index (χ2v) is 6.58. The Bertz CT molecular complexity index is 722. The van der Waals surface area contributed by atoms with Crippen molar-refractivity contribution in [2.45, 2.75) is 19.6 Å². The summed E-state index contributed by atoms with van der Waals surface area (Å²) in [7, 11) is 1.33. The van der Waals surface area contributed by atoms with Crippen molar-refractivity contribution in [3.8, 4) is 0 Å². The van der Waals surface area contributed by atoms with Gasteiger partial charge >= 0.3 is 5.97 Å². The van der Waals surface area contributed by atoms with Gasteiger partial charge in [0.1, 0.15) is 0 Å². The predicted molar refractivity (Wildman–Crippen MR) is 93.6 cm³/mol. The summed E-state index contributed by atoms with van der Waals surface area (Å²) in [6, 6.07) is 7.55. The maximum atomic E-state index is 12.4. The van der Waals surface area contributed by atoms with Crippen molar-refractivity contribution in [3.05, 3.63) is 57.4 Å². The van der Waals surface area contributed by atoms with E-state index in [1.54, 1.807) is 13.8 Å². The molecule has 23 heavy (non-hydrogen) atoms. The third-order valence-electron chi connectivity index (χ3n) is 3.52. The molecule has 2 rings (SSSR count). The fourth-order valence-electron chi connectivity index (χ4n) is 2.35. The number of carbonyl (C=O) groups is 2. The van der Waals surface area contributed by atoms with Crippen molar-refractivity contribution < 1.29 is 14.3 Å². The first-order valence-corrected chi connectivity index (χ1v) is 8.60. The molecule has 1 N–H and O–H groups in total. The first-order chi connectivity index (χ1) is 10.9. The zero-order valence-corrected chi connectivity index (χ0v) is 14.8. The second-order valence-electron chi connectivity index (χ2n) is 5.16. The lowest BCUT2D eigenvalue weighted by Crippen LogP contribution is -2.07. The van der Waals surface area contributed by atoms with Gasteiger partial charge in [0.15, 0.2) is 5.78 Å². The molecule has 0 fully saturated rings. The number of aromatic nitrogens is 1. The number of carbonyl (C=O) groups excluding carboxylic acids is 2. The lowest BCUT2D eigenvalue weighted by atomic mass is 10.1. The Morgan fingerprint density at radius 2 is 1.87 bits per heavy atom. The summed E-state index contributed by atoms with van der Waals surface area (Å²) in [5, 5.41) is 0.697. The topological polar surface area (TPSA) is 59.2 Å². The van der Waals surface area contributed by atoms with Gasteiger partial charge in [0.2, 0.25) is 0 Å². The van der Waals surface area contributed by atoms with Crippen LogP contribution in [0.2, 0.25) is 5.02 Å². The fourth-order valence-corrected chi connectivity index (χ4v) is 3.34. The van der Waals surface area contributed by atoms with Crippen LogP contribution in [0.4, 0.5) is 0 Å². The van der Waals surface area contributed by atoms with Gasteiger partial charge in [-0.1, -0.05) is 23.7 Å². The lowest BCUT2D eigenvalue weighted by Gasteiger charge is -2.03. The molecule has 1 aromatic carbocycles. The highest BCUT2D eigenvalue weighted by Crippen LogP contribution is 2.22. The smallest absolute Gasteiger partial charge is 0.339 e. The van der Waals surface area contributed by atoms with E-state index in [4.69, 9.17) is 16.3 Å². The largest absolute Gasteiger partial charge is 0.465 e. The lowest BCUT2D eigenvalue weighted by molar-refractivity contribution is 0.0599. The molecule has 0 bridgehead atoms. The molecule has 0 aliphatic carbocycles. The van der Waals surface area contributed by atoms with Crippen LogP contribution in [-0.2, 0) is 10.5 Å². The van der Waals surface area contributed by atoms with Crippen molar-refractivity contribution in [3.63, 3.8) is 0 Å². The number of benzene rings is 1. The summed E-state index contributed by atoms with van der Waals surface area (Å²) in [6.45, 7) is 3.52. The number of esters is 1. The number of aryl methyl sites for hydroxylation is 1. The Kier molecular flexibility index (Phi) is 5.91. The Morgan fingerprint density at radius 3 is 2.48 bits per heavy atom. The number of aromatic amines is 1. The third-order valence-corrected chi connectivity index (χ3v) is 4.78. The first-order valence-electron chi connectivity index (χ1n) is 7.07. The first kappa shape index (κ1) is 17.6. The van der Waals surface area contributed by atoms with Gasteiger partial charge in [-0.3, -0.25) is 4.79 Å². The zero-order chi connectivity index (χ0) is 17.0. The van der Waals surface area contributed by atoms with Gasteiger partial charge in [0.25, 0.3) is 0 Å². The molecular formula is C17H18ClNO3S. The summed E-state index contributed by atoms with van der Waals surface area (Å²) in [6.07, 6.45) is 0. The number of nitrogens with one attached hydrogen (secondary N) is 1. The number of Topliss-reactive ketones (excluding diaryl/α,β-unsaturated/α-hetero) is 1. The molecule has 0 amide bonds. The summed E-state index contributed by atoms with van der Waals surface area (Å²) >= 11 is 7.37. The molecule has 122 valence electrons. The molecule has 0 unspecified atom stereocenters. The van der Waals surface area contributed by atoms with Crippen LogP contribution in [0.15, 0.2) is 24.3 Å². The van der Waals surface area contributed by atoms with Crippen LogP contribution in [0.3, 0.4) is 0 Å². The minimum absolute atomic E-state index is 0.0280. The van der Waals surface area contributed by atoms with Crippen molar-refractivity contribution in [1.82, 2.24) is 4.98 Å². The maximum absolute atomic E-state index is 12.4. The van der Waals surface area contributed by atoms with E-state index < -0.39 is 5.97 Å². The van der Waals surface area contributed by atoms with Crippen LogP contribution < -0.4 is 0 Å². The van der Waals surface area contributed by atoms with E-state index in [1.165, 1.54) is 18.9 Å². The van der Waals surface area contributed by atoms with Gasteiger partial charge in [-0.05, 0) is 37.1 Å². The van der Waals surface area contributed by atoms with Crippen molar-refractivity contribution >= 4 is 35.1 Å². The average Bonchev–Trinajstić information content (AvgIpc) is 2.83. The van der Waals surface area contributed by atoms with Crippen molar-refractivity contribution in [2.24, 2.45) is 0 Å². The number of methoxy groups -OCH3 is 1. The Balaban J connectivity index is 2.01. The normalized spacial score (nSPS) is 10.6.